The summed E-state index contributed by atoms with van der Waals surface area (Å²) in [4.78, 5) is 28.2. The van der Waals surface area contributed by atoms with E-state index in [1.54, 1.807) is 27.7 Å². The molecule has 0 atom stereocenters. The number of ether oxygens (including phenoxy) is 1. The number of hydrogen-bond acceptors (Lipinski definition) is 4. The Kier molecular flexibility index (Phi) is 6.45. The molecule has 6 nitrogen and oxygen atoms in total. The van der Waals surface area contributed by atoms with Crippen LogP contribution in [0, 0.1) is 5.92 Å². The molecule has 1 rings (SSSR count). The fraction of sp³-hybridized carbons (Fsp3) is 0.882. The van der Waals surface area contributed by atoms with E-state index >= 15 is 0 Å². The van der Waals surface area contributed by atoms with Gasteiger partial charge in [0.2, 0.25) is 0 Å². The van der Waals surface area contributed by atoms with Gasteiger partial charge in [0.25, 0.3) is 0 Å². The molecule has 134 valence electrons. The van der Waals surface area contributed by atoms with E-state index in [-0.39, 0.29) is 0 Å². The third-order valence-corrected chi connectivity index (χ3v) is 4.15. The molecule has 0 spiro atoms. The molecule has 1 amide bonds. The number of carboxylic acids is 1. The van der Waals surface area contributed by atoms with Gasteiger partial charge in [-0.05, 0) is 46.5 Å². The molecule has 0 unspecified atom stereocenters. The maximum absolute atomic E-state index is 12.5. The van der Waals surface area contributed by atoms with Gasteiger partial charge in [0.1, 0.15) is 11.1 Å². The Morgan fingerprint density at radius 2 is 1.78 bits per heavy atom. The van der Waals surface area contributed by atoms with Gasteiger partial charge < -0.3 is 14.7 Å². The highest BCUT2D eigenvalue weighted by molar-refractivity contribution is 5.84. The van der Waals surface area contributed by atoms with Crippen molar-refractivity contribution in [2.45, 2.75) is 65.5 Å². The van der Waals surface area contributed by atoms with Gasteiger partial charge in [-0.1, -0.05) is 13.8 Å². The number of aliphatic carboxylic acids is 1. The summed E-state index contributed by atoms with van der Waals surface area (Å²) in [7, 11) is 0. The molecule has 1 saturated heterocycles. The van der Waals surface area contributed by atoms with Gasteiger partial charge in [0, 0.05) is 26.2 Å². The van der Waals surface area contributed by atoms with Gasteiger partial charge in [-0.15, -0.1) is 0 Å². The van der Waals surface area contributed by atoms with Gasteiger partial charge in [-0.25, -0.2) is 9.59 Å². The summed E-state index contributed by atoms with van der Waals surface area (Å²) in [5.74, 6) is -0.394. The van der Waals surface area contributed by atoms with Crippen LogP contribution >= 0.6 is 0 Å². The second-order valence-electron chi connectivity index (χ2n) is 7.76. The van der Waals surface area contributed by atoms with Crippen molar-refractivity contribution in [1.82, 2.24) is 9.80 Å². The maximum Gasteiger partial charge on any atom is 0.411 e. The largest absolute Gasteiger partial charge is 0.479 e. The van der Waals surface area contributed by atoms with E-state index < -0.39 is 23.2 Å². The normalized spacial score (nSPS) is 18.7. The molecule has 0 saturated carbocycles. The van der Waals surface area contributed by atoms with Crippen molar-refractivity contribution in [1.29, 1.82) is 0 Å². The predicted molar refractivity (Wildman–Crippen MR) is 89.5 cm³/mol. The first-order valence-corrected chi connectivity index (χ1v) is 8.48. The number of hydrogen-bond donors (Lipinski definition) is 1. The van der Waals surface area contributed by atoms with Gasteiger partial charge >= 0.3 is 12.1 Å². The zero-order valence-electron chi connectivity index (χ0n) is 15.4. The molecule has 1 N–H and O–H groups in total. The Hall–Kier alpha value is -1.30. The molecule has 0 aliphatic carbocycles. The van der Waals surface area contributed by atoms with E-state index in [1.807, 2.05) is 0 Å². The van der Waals surface area contributed by atoms with Crippen LogP contribution in [-0.4, -0.2) is 64.3 Å². The summed E-state index contributed by atoms with van der Waals surface area (Å²) < 4.78 is 5.42. The first-order valence-electron chi connectivity index (χ1n) is 8.48. The van der Waals surface area contributed by atoms with Crippen LogP contribution < -0.4 is 0 Å². The number of amides is 1. The van der Waals surface area contributed by atoms with Crippen LogP contribution in [0.25, 0.3) is 0 Å². The molecule has 1 heterocycles. The SMILES string of the molecule is CCN(C(=O)OC(C)(C)C)C1(C(=O)O)CCN(CC(C)C)CC1. The first kappa shape index (κ1) is 19.7. The van der Waals surface area contributed by atoms with E-state index in [0.29, 0.717) is 38.4 Å². The van der Waals surface area contributed by atoms with Crippen molar-refractivity contribution >= 4 is 12.1 Å². The topological polar surface area (TPSA) is 70.1 Å². The lowest BCUT2D eigenvalue weighted by Gasteiger charge is -2.45. The number of likely N-dealkylation sites (tertiary alicyclic amines) is 1. The van der Waals surface area contributed by atoms with Crippen molar-refractivity contribution in [2.24, 2.45) is 5.92 Å². The Morgan fingerprint density at radius 3 is 2.13 bits per heavy atom. The molecule has 0 radical (unpaired) electrons. The Bertz CT molecular complexity index is 421. The van der Waals surface area contributed by atoms with Crippen molar-refractivity contribution in [2.75, 3.05) is 26.2 Å². The molecule has 0 bridgehead atoms. The number of carbonyl (C=O) groups is 2. The van der Waals surface area contributed by atoms with Gasteiger partial charge in [0.05, 0.1) is 0 Å². The minimum atomic E-state index is -1.16. The third-order valence-electron chi connectivity index (χ3n) is 4.15. The molecule has 1 aliphatic rings. The monoisotopic (exact) mass is 328 g/mol. The van der Waals surface area contributed by atoms with Gasteiger partial charge in [-0.3, -0.25) is 4.90 Å². The molecule has 0 aromatic heterocycles. The molecule has 0 aromatic carbocycles. The van der Waals surface area contributed by atoms with Crippen LogP contribution in [-0.2, 0) is 9.53 Å². The van der Waals surface area contributed by atoms with Crippen LogP contribution in [0.15, 0.2) is 0 Å². The van der Waals surface area contributed by atoms with Crippen LogP contribution in [0.5, 0.6) is 0 Å². The maximum atomic E-state index is 12.5. The molecular formula is C17H32N2O4. The fourth-order valence-corrected chi connectivity index (χ4v) is 3.14. The first-order chi connectivity index (χ1) is 10.5. The summed E-state index contributed by atoms with van der Waals surface area (Å²) in [6.45, 7) is 14.1. The van der Waals surface area contributed by atoms with E-state index in [1.165, 1.54) is 4.90 Å². The minimum Gasteiger partial charge on any atom is -0.479 e. The quantitative estimate of drug-likeness (QED) is 0.840. The van der Waals surface area contributed by atoms with Gasteiger partial charge in [0.15, 0.2) is 0 Å². The van der Waals surface area contributed by atoms with E-state index in [4.69, 9.17) is 4.74 Å². The lowest BCUT2D eigenvalue weighted by Crippen LogP contribution is -2.62. The Balaban J connectivity index is 2.92. The lowest BCUT2D eigenvalue weighted by molar-refractivity contribution is -0.154. The summed E-state index contributed by atoms with van der Waals surface area (Å²) in [5.41, 5.74) is -1.80. The third kappa shape index (κ3) is 5.09. The molecular weight excluding hydrogens is 296 g/mol. The predicted octanol–water partition coefficient (Wildman–Crippen LogP) is 2.82. The van der Waals surface area contributed by atoms with Crippen molar-refractivity contribution in [3.8, 4) is 0 Å². The lowest BCUT2D eigenvalue weighted by atomic mass is 9.85. The zero-order chi connectivity index (χ0) is 17.8. The molecule has 1 fully saturated rings. The second kappa shape index (κ2) is 7.51. The highest BCUT2D eigenvalue weighted by atomic mass is 16.6. The summed E-state index contributed by atoms with van der Waals surface area (Å²) >= 11 is 0. The van der Waals surface area contributed by atoms with Crippen LogP contribution in [0.3, 0.4) is 0 Å². The number of carboxylic acid groups (broad SMARTS) is 1. The standard InChI is InChI=1S/C17H32N2O4/c1-7-19(15(22)23-16(4,5)6)17(14(20)21)8-10-18(11-9-17)12-13(2)3/h13H,7-12H2,1-6H3,(H,20,21). The summed E-state index contributed by atoms with van der Waals surface area (Å²) in [5, 5.41) is 9.84. The smallest absolute Gasteiger partial charge is 0.411 e. The highest BCUT2D eigenvalue weighted by Gasteiger charge is 2.49. The highest BCUT2D eigenvalue weighted by Crippen LogP contribution is 2.31. The van der Waals surface area contributed by atoms with E-state index in [2.05, 4.69) is 18.7 Å². The van der Waals surface area contributed by atoms with Crippen molar-refractivity contribution < 1.29 is 19.4 Å². The van der Waals surface area contributed by atoms with Crippen molar-refractivity contribution in [3.63, 3.8) is 0 Å². The average Bonchev–Trinajstić information content (AvgIpc) is 2.38. The number of carbonyl (C=O) groups excluding carboxylic acids is 1. The van der Waals surface area contributed by atoms with E-state index in [9.17, 15) is 14.7 Å². The van der Waals surface area contributed by atoms with E-state index in [0.717, 1.165) is 6.54 Å². The minimum absolute atomic E-state index is 0.325. The molecule has 0 aromatic rings. The molecule has 1 aliphatic heterocycles. The Morgan fingerprint density at radius 1 is 1.26 bits per heavy atom. The van der Waals surface area contributed by atoms with Crippen molar-refractivity contribution in [3.05, 3.63) is 0 Å². The van der Waals surface area contributed by atoms with Crippen LogP contribution in [0.1, 0.15) is 54.4 Å². The summed E-state index contributed by atoms with van der Waals surface area (Å²) in [6, 6.07) is 0. The number of piperidine rings is 1. The number of rotatable bonds is 5. The Labute approximate surface area is 139 Å². The molecule has 23 heavy (non-hydrogen) atoms. The summed E-state index contributed by atoms with van der Waals surface area (Å²) in [6.07, 6.45) is 0.323. The fourth-order valence-electron chi connectivity index (χ4n) is 3.14. The second-order valence-corrected chi connectivity index (χ2v) is 7.76. The number of likely N-dealkylation sites (N-methyl/N-ethyl adjacent to an activating group) is 1. The molecule has 6 heteroatoms. The average molecular weight is 328 g/mol. The number of nitrogens with zero attached hydrogens (tertiary/aromatic N) is 2. The zero-order valence-corrected chi connectivity index (χ0v) is 15.4. The van der Waals surface area contributed by atoms with Gasteiger partial charge in [-0.2, -0.15) is 0 Å². The van der Waals surface area contributed by atoms with Crippen LogP contribution in [0.4, 0.5) is 4.79 Å². The van der Waals surface area contributed by atoms with Crippen LogP contribution in [0.2, 0.25) is 0 Å².